The first-order valence-electron chi connectivity index (χ1n) is 41.7. The second kappa shape index (κ2) is 80.9. The number of ether oxygens (including phenoxy) is 4. The molecule has 0 heterocycles. The van der Waals surface area contributed by atoms with Crippen LogP contribution in [0, 0.1) is 0 Å². The fourth-order valence-corrected chi connectivity index (χ4v) is 12.0. The molecule has 0 rings (SSSR count). The number of carbonyl (C=O) groups excluding carboxylic acids is 4. The van der Waals surface area contributed by atoms with E-state index in [9.17, 15) is 43.2 Å². The van der Waals surface area contributed by atoms with E-state index in [1.807, 2.05) is 18.2 Å². The number of unbranched alkanes of at least 4 members (excludes halogenated alkanes) is 18. The molecule has 110 heavy (non-hydrogen) atoms. The molecule has 0 saturated heterocycles. The molecule has 0 aliphatic carbocycles. The number of phosphoric acid groups is 2. The number of hydrogen-bond donors (Lipinski definition) is 3. The summed E-state index contributed by atoms with van der Waals surface area (Å²) in [5.74, 6) is -2.33. The molecule has 5 atom stereocenters. The smallest absolute Gasteiger partial charge is 0.462 e. The minimum Gasteiger partial charge on any atom is -0.462 e. The standard InChI is InChI=1S/C91H146O17P2/c1-5-9-13-17-21-25-29-33-37-41-42-46-48-52-56-60-64-68-72-76-89(94)102-82-87(108-91(96)78-74-70-66-62-58-54-50-45-40-36-32-28-24-20-16-12-8-4)84-106-110(99,100)104-80-85(92)79-103-109(97,98)105-83-86(107-90(95)77-73-69-65-61-57-53-49-44-39-35-31-27-23-19-15-11-7-3)81-101-88(93)75-71-67-63-59-55-51-47-43-38-34-30-26-22-18-14-10-6-2/h9-16,21-28,33-40,42,46-47,51-52,56,64,68,85-87,92H,5-8,17-20,29-32,41,43-45,48-50,53-55,57-63,65-67,69-84H2,1-4H3,(H,97,98)(H,99,100)/b13-9-,14-10-,15-11-,16-12-,25-21-,26-22-,27-23-,28-24-,37-33-,38-34-,39-35-,40-36-,46-42-,51-47-,56-52-,68-64-. The average molecular weight is 1570 g/mol. The highest BCUT2D eigenvalue weighted by molar-refractivity contribution is 7.47. The largest absolute Gasteiger partial charge is 0.472 e. The van der Waals surface area contributed by atoms with Crippen molar-refractivity contribution in [3.05, 3.63) is 194 Å². The number of rotatable bonds is 76. The third-order valence-electron chi connectivity index (χ3n) is 16.6. The summed E-state index contributed by atoms with van der Waals surface area (Å²) in [6.45, 7) is 4.29. The van der Waals surface area contributed by atoms with Crippen LogP contribution >= 0.6 is 15.6 Å². The van der Waals surface area contributed by atoms with Gasteiger partial charge in [-0.15, -0.1) is 0 Å². The molecule has 0 aromatic carbocycles. The molecule has 0 aromatic rings. The molecule has 0 amide bonds. The van der Waals surface area contributed by atoms with Crippen LogP contribution in [0.5, 0.6) is 0 Å². The number of phosphoric ester groups is 2. The molecule has 0 aliphatic rings. The van der Waals surface area contributed by atoms with Crippen LogP contribution in [0.15, 0.2) is 194 Å². The number of aliphatic hydroxyl groups excluding tert-OH is 1. The summed E-state index contributed by atoms with van der Waals surface area (Å²) >= 11 is 0. The maximum atomic E-state index is 13.1. The highest BCUT2D eigenvalue weighted by Gasteiger charge is 2.30. The molecule has 0 fully saturated rings. The third kappa shape index (κ3) is 80.0. The fourth-order valence-electron chi connectivity index (χ4n) is 10.4. The number of esters is 4. The third-order valence-corrected chi connectivity index (χ3v) is 18.5. The molecule has 5 unspecified atom stereocenters. The van der Waals surface area contributed by atoms with E-state index >= 15 is 0 Å². The van der Waals surface area contributed by atoms with Crippen molar-refractivity contribution in [3.8, 4) is 0 Å². The van der Waals surface area contributed by atoms with E-state index in [2.05, 4.69) is 204 Å². The van der Waals surface area contributed by atoms with Gasteiger partial charge in [0.25, 0.3) is 0 Å². The number of allylic oxidation sites excluding steroid dienone is 32. The predicted octanol–water partition coefficient (Wildman–Crippen LogP) is 24.9. The lowest BCUT2D eigenvalue weighted by atomic mass is 10.1. The van der Waals surface area contributed by atoms with Gasteiger partial charge in [0.2, 0.25) is 0 Å². The van der Waals surface area contributed by atoms with E-state index in [4.69, 9.17) is 37.0 Å². The van der Waals surface area contributed by atoms with Crippen LogP contribution in [0.25, 0.3) is 0 Å². The van der Waals surface area contributed by atoms with Gasteiger partial charge in [0.1, 0.15) is 19.3 Å². The van der Waals surface area contributed by atoms with E-state index in [1.165, 1.54) is 0 Å². The van der Waals surface area contributed by atoms with Crippen molar-refractivity contribution in [3.63, 3.8) is 0 Å². The SMILES string of the molecule is CC/C=C\C/C=C\C/C=C\C/C=C\C/C=C\C/C=C\CCC(=O)OCC(COP(=O)(O)OCC(O)COP(=O)(O)OCC(COC(=O)CCCCCC/C=C\C/C=C\C/C=C\C/C=C\CC)OC(=O)CCCCCCCCC/C=C\C/C=C\C/C=C\CC)OC(=O)CCCCCCCCC/C=C\C/C=C\C/C=C\CC. The van der Waals surface area contributed by atoms with Gasteiger partial charge >= 0.3 is 39.5 Å². The van der Waals surface area contributed by atoms with Crippen LogP contribution in [0.3, 0.4) is 0 Å². The van der Waals surface area contributed by atoms with Crippen molar-refractivity contribution in [2.24, 2.45) is 0 Å². The lowest BCUT2D eigenvalue weighted by molar-refractivity contribution is -0.161. The molecule has 0 spiro atoms. The van der Waals surface area contributed by atoms with Crippen LogP contribution in [-0.4, -0.2) is 96.7 Å². The minimum absolute atomic E-state index is 0.0264. The van der Waals surface area contributed by atoms with E-state index in [0.29, 0.717) is 32.1 Å². The normalized spacial score (nSPS) is 14.8. The van der Waals surface area contributed by atoms with Crippen molar-refractivity contribution >= 4 is 39.5 Å². The molecule has 3 N–H and O–H groups in total. The van der Waals surface area contributed by atoms with Crippen molar-refractivity contribution in [2.45, 2.75) is 316 Å². The molecular weight excluding hydrogens is 1430 g/mol. The Kier molecular flexibility index (Phi) is 76.4. The first-order valence-corrected chi connectivity index (χ1v) is 44.7. The first-order chi connectivity index (χ1) is 53.7. The number of aliphatic hydroxyl groups is 1. The zero-order chi connectivity index (χ0) is 80.3. The molecule has 0 radical (unpaired) electrons. The summed E-state index contributed by atoms with van der Waals surface area (Å²) in [6, 6.07) is 0. The molecule has 622 valence electrons. The number of hydrogen-bond acceptors (Lipinski definition) is 15. The molecule has 0 aliphatic heterocycles. The Morgan fingerprint density at radius 1 is 0.255 bits per heavy atom. The summed E-state index contributed by atoms with van der Waals surface area (Å²) in [5, 5.41) is 10.7. The highest BCUT2D eigenvalue weighted by atomic mass is 31.2. The predicted molar refractivity (Wildman–Crippen MR) is 454 cm³/mol. The van der Waals surface area contributed by atoms with Gasteiger partial charge in [-0.25, -0.2) is 9.13 Å². The van der Waals surface area contributed by atoms with Crippen LogP contribution in [0.2, 0.25) is 0 Å². The van der Waals surface area contributed by atoms with Gasteiger partial charge < -0.3 is 33.8 Å². The van der Waals surface area contributed by atoms with Crippen molar-refractivity contribution in [2.75, 3.05) is 39.6 Å². The summed E-state index contributed by atoms with van der Waals surface area (Å²) < 4.78 is 68.7. The molecule has 0 saturated carbocycles. The van der Waals surface area contributed by atoms with E-state index in [1.54, 1.807) is 0 Å². The van der Waals surface area contributed by atoms with Gasteiger partial charge in [-0.2, -0.15) is 0 Å². The quantitative estimate of drug-likeness (QED) is 0.0169. The highest BCUT2D eigenvalue weighted by Crippen LogP contribution is 2.45. The van der Waals surface area contributed by atoms with Crippen molar-refractivity contribution in [1.82, 2.24) is 0 Å². The summed E-state index contributed by atoms with van der Waals surface area (Å²) in [4.78, 5) is 73.2. The Morgan fingerprint density at radius 3 is 0.736 bits per heavy atom. The summed E-state index contributed by atoms with van der Waals surface area (Å²) in [7, 11) is -10.0. The van der Waals surface area contributed by atoms with Gasteiger partial charge in [0.15, 0.2) is 12.2 Å². The molecule has 19 heteroatoms. The van der Waals surface area contributed by atoms with Gasteiger partial charge in [0, 0.05) is 25.7 Å². The maximum absolute atomic E-state index is 13.1. The zero-order valence-electron chi connectivity index (χ0n) is 68.1. The second-order valence-electron chi connectivity index (χ2n) is 26.9. The fraction of sp³-hybridized carbons (Fsp3) is 0.604. The minimum atomic E-state index is -5.01. The lowest BCUT2D eigenvalue weighted by Crippen LogP contribution is -2.30. The van der Waals surface area contributed by atoms with Gasteiger partial charge in [0.05, 0.1) is 26.4 Å². The van der Waals surface area contributed by atoms with Crippen molar-refractivity contribution < 1.29 is 80.2 Å². The number of carbonyl (C=O) groups is 4. The first kappa shape index (κ1) is 104. The summed E-state index contributed by atoms with van der Waals surface area (Å²) in [5.41, 5.74) is 0. The van der Waals surface area contributed by atoms with E-state index < -0.39 is 97.5 Å². The maximum Gasteiger partial charge on any atom is 0.472 e. The molecule has 0 aromatic heterocycles. The van der Waals surface area contributed by atoms with Gasteiger partial charge in [-0.05, 0) is 167 Å². The van der Waals surface area contributed by atoms with Gasteiger partial charge in [-0.1, -0.05) is 299 Å². The molecule has 0 bridgehead atoms. The Labute approximate surface area is 666 Å². The van der Waals surface area contributed by atoms with Crippen LogP contribution in [0.1, 0.15) is 297 Å². The Hall–Kier alpha value is -6.10. The zero-order valence-corrected chi connectivity index (χ0v) is 69.9. The van der Waals surface area contributed by atoms with Crippen molar-refractivity contribution in [1.29, 1.82) is 0 Å². The summed E-state index contributed by atoms with van der Waals surface area (Å²) in [6.07, 6.45) is 99.8. The molecule has 17 nitrogen and oxygen atoms in total. The van der Waals surface area contributed by atoms with Crippen LogP contribution < -0.4 is 0 Å². The monoisotopic (exact) mass is 1570 g/mol. The topological polar surface area (TPSA) is 237 Å². The van der Waals surface area contributed by atoms with E-state index in [0.717, 1.165) is 212 Å². The second-order valence-corrected chi connectivity index (χ2v) is 29.8. The average Bonchev–Trinajstić information content (AvgIpc) is 0.906. The van der Waals surface area contributed by atoms with Crippen LogP contribution in [-0.2, 0) is 65.4 Å². The van der Waals surface area contributed by atoms with Crippen LogP contribution in [0.4, 0.5) is 0 Å². The van der Waals surface area contributed by atoms with E-state index in [-0.39, 0.29) is 25.7 Å². The molecular formula is C91H146O17P2. The van der Waals surface area contributed by atoms with Gasteiger partial charge in [-0.3, -0.25) is 37.3 Å². The lowest BCUT2D eigenvalue weighted by Gasteiger charge is -2.21. The Morgan fingerprint density at radius 2 is 0.464 bits per heavy atom. The Bertz CT molecular complexity index is 2850. The Balaban J connectivity index is 5.50.